The molecule has 0 spiro atoms. The summed E-state index contributed by atoms with van der Waals surface area (Å²) >= 11 is 13.9. The van der Waals surface area contributed by atoms with Gasteiger partial charge in [-0.15, -0.1) is 11.8 Å². The Labute approximate surface area is 183 Å². The Hall–Kier alpha value is -1.95. The average molecular weight is 445 g/mol. The smallest absolute Gasteiger partial charge is 0.306 e. The zero-order valence-electron chi connectivity index (χ0n) is 15.5. The number of hydrogen-bond donors (Lipinski definition) is 0. The summed E-state index contributed by atoms with van der Waals surface area (Å²) < 4.78 is 0. The van der Waals surface area contributed by atoms with Gasteiger partial charge in [0, 0.05) is 16.6 Å². The topological polar surface area (TPSA) is 40.6 Å². The highest BCUT2D eigenvalue weighted by molar-refractivity contribution is 8.04. The van der Waals surface area contributed by atoms with Crippen LogP contribution in [-0.4, -0.2) is 22.2 Å². The maximum Gasteiger partial charge on any atom is 0.332 e. The summed E-state index contributed by atoms with van der Waals surface area (Å²) in [6.07, 6.45) is 3.01. The van der Waals surface area contributed by atoms with Crippen molar-refractivity contribution >= 4 is 52.6 Å². The number of urea groups is 1. The van der Waals surface area contributed by atoms with Gasteiger partial charge in [0.1, 0.15) is 0 Å². The molecule has 2 heterocycles. The van der Waals surface area contributed by atoms with Gasteiger partial charge >= 0.3 is 6.03 Å². The van der Waals surface area contributed by atoms with Gasteiger partial charge in [-0.3, -0.25) is 4.79 Å². The minimum Gasteiger partial charge on any atom is -0.306 e. The molecule has 0 radical (unpaired) electrons. The fourth-order valence-electron chi connectivity index (χ4n) is 4.39. The number of carbonyl (C=O) groups excluding carboxylic acids is 2. The number of thioether (sulfide) groups is 1. The third kappa shape index (κ3) is 3.25. The van der Waals surface area contributed by atoms with E-state index in [2.05, 4.69) is 0 Å². The molecule has 2 aliphatic heterocycles. The van der Waals surface area contributed by atoms with Gasteiger partial charge in [-0.2, -0.15) is 0 Å². The number of amides is 3. The van der Waals surface area contributed by atoms with Crippen molar-refractivity contribution in [1.29, 1.82) is 0 Å². The van der Waals surface area contributed by atoms with E-state index >= 15 is 0 Å². The van der Waals surface area contributed by atoms with E-state index in [0.717, 1.165) is 24.8 Å². The highest BCUT2D eigenvalue weighted by atomic mass is 35.5. The molecule has 5 rings (SSSR count). The zero-order chi connectivity index (χ0) is 20.1. The summed E-state index contributed by atoms with van der Waals surface area (Å²) in [7, 11) is 0. The SMILES string of the molecule is O=C1C2C3=C(CCC3)SC2N(Cc2cccc(Cl)c2)C(=O)N1c1ccc(Cl)cc1. The van der Waals surface area contributed by atoms with Gasteiger partial charge in [-0.25, -0.2) is 9.69 Å². The lowest BCUT2D eigenvalue weighted by Crippen LogP contribution is -2.60. The summed E-state index contributed by atoms with van der Waals surface area (Å²) in [6.45, 7) is 0.408. The van der Waals surface area contributed by atoms with Crippen molar-refractivity contribution in [2.45, 2.75) is 31.2 Å². The van der Waals surface area contributed by atoms with E-state index in [-0.39, 0.29) is 23.2 Å². The largest absolute Gasteiger partial charge is 0.332 e. The van der Waals surface area contributed by atoms with Gasteiger partial charge in [0.15, 0.2) is 0 Å². The zero-order valence-corrected chi connectivity index (χ0v) is 17.8. The van der Waals surface area contributed by atoms with Crippen molar-refractivity contribution in [3.05, 3.63) is 74.6 Å². The molecule has 29 heavy (non-hydrogen) atoms. The number of hydrogen-bond acceptors (Lipinski definition) is 3. The van der Waals surface area contributed by atoms with Gasteiger partial charge < -0.3 is 4.90 Å². The Bertz CT molecular complexity index is 1040. The number of halogens is 2. The molecule has 1 fully saturated rings. The number of imide groups is 1. The second kappa shape index (κ2) is 7.38. The third-order valence-corrected chi connectivity index (χ3v) is 7.70. The first kappa shape index (κ1) is 19.0. The molecule has 1 aliphatic carbocycles. The molecular weight excluding hydrogens is 427 g/mol. The normalized spacial score (nSPS) is 23.7. The monoisotopic (exact) mass is 444 g/mol. The summed E-state index contributed by atoms with van der Waals surface area (Å²) in [6, 6.07) is 14.1. The Morgan fingerprint density at radius 1 is 1.00 bits per heavy atom. The van der Waals surface area contributed by atoms with E-state index in [1.807, 2.05) is 29.2 Å². The van der Waals surface area contributed by atoms with E-state index < -0.39 is 0 Å². The molecule has 2 atom stereocenters. The molecule has 3 aliphatic rings. The second-order valence-corrected chi connectivity index (χ2v) is 9.56. The molecule has 3 amide bonds. The first-order chi connectivity index (χ1) is 14.0. The van der Waals surface area contributed by atoms with Crippen LogP contribution >= 0.6 is 35.0 Å². The number of rotatable bonds is 3. The first-order valence-corrected chi connectivity index (χ1v) is 11.2. The van der Waals surface area contributed by atoms with Crippen LogP contribution in [0.4, 0.5) is 10.5 Å². The predicted octanol–water partition coefficient (Wildman–Crippen LogP) is 6.09. The van der Waals surface area contributed by atoms with Gasteiger partial charge in [-0.1, -0.05) is 35.3 Å². The van der Waals surface area contributed by atoms with Crippen LogP contribution in [0.25, 0.3) is 0 Å². The number of benzene rings is 2. The summed E-state index contributed by atoms with van der Waals surface area (Å²) in [5, 5.41) is 1.01. The molecule has 0 N–H and O–H groups in total. The molecule has 0 bridgehead atoms. The molecule has 2 aromatic rings. The summed E-state index contributed by atoms with van der Waals surface area (Å²) in [5.74, 6) is -0.422. The van der Waals surface area contributed by atoms with Gasteiger partial charge in [-0.05, 0) is 71.7 Å². The third-order valence-electron chi connectivity index (χ3n) is 5.69. The van der Waals surface area contributed by atoms with Crippen LogP contribution in [-0.2, 0) is 11.3 Å². The van der Waals surface area contributed by atoms with Crippen LogP contribution in [0.3, 0.4) is 0 Å². The lowest BCUT2D eigenvalue weighted by atomic mass is 9.93. The minimum absolute atomic E-state index is 0.135. The molecule has 148 valence electrons. The first-order valence-electron chi connectivity index (χ1n) is 9.56. The maximum atomic E-state index is 13.5. The quantitative estimate of drug-likeness (QED) is 0.574. The Balaban J connectivity index is 1.55. The number of anilines is 1. The summed E-state index contributed by atoms with van der Waals surface area (Å²) in [5.41, 5.74) is 2.71. The van der Waals surface area contributed by atoms with E-state index in [9.17, 15) is 9.59 Å². The van der Waals surface area contributed by atoms with Crippen LogP contribution < -0.4 is 4.90 Å². The van der Waals surface area contributed by atoms with Crippen LogP contribution in [0, 0.1) is 5.92 Å². The highest BCUT2D eigenvalue weighted by Gasteiger charge is 2.53. The van der Waals surface area contributed by atoms with Crippen LogP contribution in [0.15, 0.2) is 59.0 Å². The van der Waals surface area contributed by atoms with Crippen molar-refractivity contribution in [1.82, 2.24) is 4.90 Å². The lowest BCUT2D eigenvalue weighted by Gasteiger charge is -2.42. The van der Waals surface area contributed by atoms with Gasteiger partial charge in [0.05, 0.1) is 17.0 Å². The molecule has 7 heteroatoms. The second-order valence-electron chi connectivity index (χ2n) is 7.48. The molecule has 2 unspecified atom stereocenters. The molecule has 4 nitrogen and oxygen atoms in total. The Morgan fingerprint density at radius 3 is 2.55 bits per heavy atom. The highest BCUT2D eigenvalue weighted by Crippen LogP contribution is 2.54. The number of fused-ring (bicyclic) bond motifs is 2. The lowest BCUT2D eigenvalue weighted by molar-refractivity contribution is -0.122. The van der Waals surface area contributed by atoms with E-state index in [4.69, 9.17) is 23.2 Å². The van der Waals surface area contributed by atoms with Crippen molar-refractivity contribution in [2.75, 3.05) is 4.90 Å². The predicted molar refractivity (Wildman–Crippen MR) is 117 cm³/mol. The number of allylic oxidation sites excluding steroid dienone is 1. The number of carbonyl (C=O) groups is 2. The van der Waals surface area contributed by atoms with Gasteiger partial charge in [0.2, 0.25) is 5.91 Å². The number of nitrogens with zero attached hydrogens (tertiary/aromatic N) is 2. The van der Waals surface area contributed by atoms with Crippen molar-refractivity contribution in [3.63, 3.8) is 0 Å². The Kier molecular flexibility index (Phi) is 4.85. The maximum absolute atomic E-state index is 13.5. The molecule has 0 aromatic heterocycles. The molecular formula is C22H18Cl2N2O2S. The summed E-state index contributed by atoms with van der Waals surface area (Å²) in [4.78, 5) is 31.4. The Morgan fingerprint density at radius 2 is 1.79 bits per heavy atom. The van der Waals surface area contributed by atoms with Crippen molar-refractivity contribution in [3.8, 4) is 0 Å². The standard InChI is InChI=1S/C22H18Cl2N2O2S/c23-14-7-9-16(10-8-14)26-20(27)19-17-5-2-6-18(17)29-21(19)25(22(26)28)12-13-3-1-4-15(24)11-13/h1,3-4,7-11,19,21H,2,5-6,12H2. The fraction of sp³-hybridized carbons (Fsp3) is 0.273. The average Bonchev–Trinajstić information content (AvgIpc) is 3.28. The molecule has 1 saturated heterocycles. The van der Waals surface area contributed by atoms with Crippen LogP contribution in [0.1, 0.15) is 24.8 Å². The minimum atomic E-state index is -0.299. The van der Waals surface area contributed by atoms with E-state index in [1.165, 1.54) is 15.4 Å². The van der Waals surface area contributed by atoms with E-state index in [0.29, 0.717) is 22.3 Å². The van der Waals surface area contributed by atoms with Crippen molar-refractivity contribution < 1.29 is 9.59 Å². The molecule has 0 saturated carbocycles. The molecule has 2 aromatic carbocycles. The van der Waals surface area contributed by atoms with Crippen LogP contribution in [0.2, 0.25) is 10.0 Å². The van der Waals surface area contributed by atoms with E-state index in [1.54, 1.807) is 36.0 Å². The van der Waals surface area contributed by atoms with Gasteiger partial charge in [0.25, 0.3) is 0 Å². The fourth-order valence-corrected chi connectivity index (χ4v) is 6.37. The van der Waals surface area contributed by atoms with Crippen molar-refractivity contribution in [2.24, 2.45) is 5.92 Å². The van der Waals surface area contributed by atoms with Crippen LogP contribution in [0.5, 0.6) is 0 Å².